The number of rotatable bonds is 4. The molecule has 0 radical (unpaired) electrons. The van der Waals surface area contributed by atoms with Gasteiger partial charge in [0.05, 0.1) is 0 Å². The van der Waals surface area contributed by atoms with Crippen molar-refractivity contribution in [2.75, 3.05) is 19.6 Å². The second kappa shape index (κ2) is 6.01. The van der Waals surface area contributed by atoms with Crippen LogP contribution in [0, 0.1) is 0 Å². The molecule has 0 aromatic carbocycles. The molecule has 0 aromatic heterocycles. The van der Waals surface area contributed by atoms with Gasteiger partial charge in [0.25, 0.3) is 0 Å². The van der Waals surface area contributed by atoms with E-state index in [1.54, 1.807) is 0 Å². The van der Waals surface area contributed by atoms with E-state index in [1.165, 1.54) is 32.4 Å². The Hall–Kier alpha value is -0.560. The predicted octanol–water partition coefficient (Wildman–Crippen LogP) is 2.60. The summed E-state index contributed by atoms with van der Waals surface area (Å²) in [7, 11) is 0. The maximum Gasteiger partial charge on any atom is 0.0163 e. The third-order valence-electron chi connectivity index (χ3n) is 2.28. The largest absolute Gasteiger partial charge is 0.300 e. The van der Waals surface area contributed by atoms with E-state index in [-0.39, 0.29) is 0 Å². The van der Waals surface area contributed by atoms with Gasteiger partial charge < -0.3 is 0 Å². The van der Waals surface area contributed by atoms with E-state index in [0.29, 0.717) is 0 Å². The number of likely N-dealkylation sites (tertiary alicyclic amines) is 1. The lowest BCUT2D eigenvalue weighted by molar-refractivity contribution is 0.251. The van der Waals surface area contributed by atoms with Crippen molar-refractivity contribution < 1.29 is 0 Å². The summed E-state index contributed by atoms with van der Waals surface area (Å²) in [6.07, 6.45) is 11.6. The van der Waals surface area contributed by atoms with Gasteiger partial charge in [-0.1, -0.05) is 24.6 Å². The summed E-state index contributed by atoms with van der Waals surface area (Å²) in [6.45, 7) is 7.39. The Morgan fingerprint density at radius 2 is 1.83 bits per heavy atom. The zero-order valence-corrected chi connectivity index (χ0v) is 7.84. The Morgan fingerprint density at radius 3 is 2.50 bits per heavy atom. The molecule has 1 fully saturated rings. The molecule has 0 spiro atoms. The van der Waals surface area contributed by atoms with Crippen LogP contribution in [0.4, 0.5) is 0 Å². The molecule has 0 amide bonds. The molecule has 0 unspecified atom stereocenters. The minimum absolute atomic E-state index is 1.01. The van der Waals surface area contributed by atoms with Crippen LogP contribution in [0.5, 0.6) is 0 Å². The molecular weight excluding hydrogens is 146 g/mol. The maximum atomic E-state index is 3.68. The fourth-order valence-electron chi connectivity index (χ4n) is 1.56. The molecule has 0 bridgehead atoms. The van der Waals surface area contributed by atoms with Gasteiger partial charge in [0.15, 0.2) is 0 Å². The predicted molar refractivity (Wildman–Crippen MR) is 54.2 cm³/mol. The molecule has 1 aliphatic rings. The Morgan fingerprint density at radius 1 is 1.08 bits per heavy atom. The monoisotopic (exact) mass is 165 g/mol. The van der Waals surface area contributed by atoms with Crippen LogP contribution in [0.25, 0.3) is 0 Å². The smallest absolute Gasteiger partial charge is 0.0163 e. The molecule has 0 aliphatic carbocycles. The number of piperidine rings is 1. The van der Waals surface area contributed by atoms with E-state index in [4.69, 9.17) is 0 Å². The van der Waals surface area contributed by atoms with Crippen molar-refractivity contribution in [3.63, 3.8) is 0 Å². The summed E-state index contributed by atoms with van der Waals surface area (Å²) in [5.74, 6) is 0. The van der Waals surface area contributed by atoms with Gasteiger partial charge >= 0.3 is 0 Å². The summed E-state index contributed by atoms with van der Waals surface area (Å²) in [4.78, 5) is 2.52. The molecule has 1 nitrogen and oxygen atoms in total. The van der Waals surface area contributed by atoms with Crippen LogP contribution in [0.2, 0.25) is 0 Å². The molecule has 1 rings (SSSR count). The lowest BCUT2D eigenvalue weighted by Crippen LogP contribution is -2.29. The van der Waals surface area contributed by atoms with Gasteiger partial charge in [-0.3, -0.25) is 4.90 Å². The highest BCUT2D eigenvalue weighted by Gasteiger charge is 2.06. The van der Waals surface area contributed by atoms with Gasteiger partial charge in [-0.2, -0.15) is 0 Å². The standard InChI is InChI=1S/C11H19N/c1-2-3-4-6-9-12-10-7-5-8-11-12/h2,4,6H,1,3,5,7-11H2/b6-4+. The molecule has 12 heavy (non-hydrogen) atoms. The number of hydrogen-bond acceptors (Lipinski definition) is 1. The number of nitrogens with zero attached hydrogens (tertiary/aromatic N) is 1. The first-order valence-corrected chi connectivity index (χ1v) is 4.92. The fraction of sp³-hybridized carbons (Fsp3) is 0.636. The Labute approximate surface area is 75.8 Å². The van der Waals surface area contributed by atoms with Crippen molar-refractivity contribution in [2.45, 2.75) is 25.7 Å². The quantitative estimate of drug-likeness (QED) is 0.579. The van der Waals surface area contributed by atoms with Gasteiger partial charge in [-0.25, -0.2) is 0 Å². The number of hydrogen-bond donors (Lipinski definition) is 0. The van der Waals surface area contributed by atoms with Crippen LogP contribution in [-0.2, 0) is 0 Å². The van der Waals surface area contributed by atoms with E-state index in [9.17, 15) is 0 Å². The SMILES string of the molecule is C=CC/C=C/CN1CCCCC1. The zero-order valence-electron chi connectivity index (χ0n) is 7.84. The summed E-state index contributed by atoms with van der Waals surface area (Å²) >= 11 is 0. The molecular formula is C11H19N. The lowest BCUT2D eigenvalue weighted by Gasteiger charge is -2.24. The second-order valence-electron chi connectivity index (χ2n) is 3.36. The van der Waals surface area contributed by atoms with Crippen molar-refractivity contribution in [3.8, 4) is 0 Å². The molecule has 1 heterocycles. The summed E-state index contributed by atoms with van der Waals surface area (Å²) in [5, 5.41) is 0. The minimum Gasteiger partial charge on any atom is -0.300 e. The van der Waals surface area contributed by atoms with Gasteiger partial charge in [0.1, 0.15) is 0 Å². The van der Waals surface area contributed by atoms with Crippen LogP contribution in [-0.4, -0.2) is 24.5 Å². The third-order valence-corrected chi connectivity index (χ3v) is 2.28. The summed E-state index contributed by atoms with van der Waals surface area (Å²) < 4.78 is 0. The van der Waals surface area contributed by atoms with E-state index >= 15 is 0 Å². The molecule has 0 atom stereocenters. The molecule has 1 heteroatoms. The Bertz CT molecular complexity index is 143. The van der Waals surface area contributed by atoms with E-state index in [1.807, 2.05) is 6.08 Å². The second-order valence-corrected chi connectivity index (χ2v) is 3.36. The van der Waals surface area contributed by atoms with Crippen LogP contribution in [0.3, 0.4) is 0 Å². The van der Waals surface area contributed by atoms with Gasteiger partial charge in [0, 0.05) is 6.54 Å². The first-order chi connectivity index (χ1) is 5.93. The average molecular weight is 165 g/mol. The fourth-order valence-corrected chi connectivity index (χ4v) is 1.56. The van der Waals surface area contributed by atoms with Gasteiger partial charge in [-0.15, -0.1) is 6.58 Å². The molecule has 68 valence electrons. The molecule has 0 aromatic rings. The van der Waals surface area contributed by atoms with E-state index < -0.39 is 0 Å². The first-order valence-electron chi connectivity index (χ1n) is 4.92. The van der Waals surface area contributed by atoms with Crippen molar-refractivity contribution in [1.29, 1.82) is 0 Å². The normalized spacial score (nSPS) is 20.0. The van der Waals surface area contributed by atoms with E-state index in [2.05, 4.69) is 23.6 Å². The molecule has 1 saturated heterocycles. The van der Waals surface area contributed by atoms with Crippen LogP contribution in [0.1, 0.15) is 25.7 Å². The summed E-state index contributed by atoms with van der Waals surface area (Å²) in [6, 6.07) is 0. The van der Waals surface area contributed by atoms with Crippen LogP contribution in [0.15, 0.2) is 24.8 Å². The number of allylic oxidation sites excluding steroid dienone is 2. The zero-order chi connectivity index (χ0) is 8.65. The topological polar surface area (TPSA) is 3.24 Å². The minimum atomic E-state index is 1.01. The molecule has 0 N–H and O–H groups in total. The van der Waals surface area contributed by atoms with Crippen molar-refractivity contribution >= 4 is 0 Å². The lowest BCUT2D eigenvalue weighted by atomic mass is 10.1. The van der Waals surface area contributed by atoms with Crippen molar-refractivity contribution in [1.82, 2.24) is 4.90 Å². The highest BCUT2D eigenvalue weighted by Crippen LogP contribution is 2.07. The summed E-state index contributed by atoms with van der Waals surface area (Å²) in [5.41, 5.74) is 0. The highest BCUT2D eigenvalue weighted by molar-refractivity contribution is 4.90. The molecule has 1 aliphatic heterocycles. The highest BCUT2D eigenvalue weighted by atomic mass is 15.1. The Balaban J connectivity index is 2.08. The van der Waals surface area contributed by atoms with Crippen molar-refractivity contribution in [3.05, 3.63) is 24.8 Å². The van der Waals surface area contributed by atoms with Crippen LogP contribution >= 0.6 is 0 Å². The first kappa shape index (κ1) is 9.53. The Kier molecular flexibility index (Phi) is 4.77. The maximum absolute atomic E-state index is 3.68. The molecule has 0 saturated carbocycles. The third kappa shape index (κ3) is 3.72. The van der Waals surface area contributed by atoms with Crippen LogP contribution < -0.4 is 0 Å². The van der Waals surface area contributed by atoms with E-state index in [0.717, 1.165) is 13.0 Å². The van der Waals surface area contributed by atoms with Gasteiger partial charge in [0.2, 0.25) is 0 Å². The average Bonchev–Trinajstić information content (AvgIpc) is 2.14. The van der Waals surface area contributed by atoms with Gasteiger partial charge in [-0.05, 0) is 32.4 Å². The van der Waals surface area contributed by atoms with Crippen molar-refractivity contribution in [2.24, 2.45) is 0 Å².